The van der Waals surface area contributed by atoms with E-state index in [4.69, 9.17) is 0 Å². The molecule has 2 heterocycles. The predicted molar refractivity (Wildman–Crippen MR) is 167 cm³/mol. The number of carbonyl (C=O) groups excluding carboxylic acids is 1. The highest BCUT2D eigenvalue weighted by Crippen LogP contribution is 2.35. The fourth-order valence-electron chi connectivity index (χ4n) is 5.04. The van der Waals surface area contributed by atoms with E-state index in [2.05, 4.69) is 14.4 Å². The summed E-state index contributed by atoms with van der Waals surface area (Å²) in [5, 5.41) is 0.631. The molecule has 43 heavy (non-hydrogen) atoms. The molecule has 0 fully saturated rings. The second kappa shape index (κ2) is 11.5. The van der Waals surface area contributed by atoms with Crippen molar-refractivity contribution >= 4 is 42.5 Å². The Morgan fingerprint density at radius 3 is 2.40 bits per heavy atom. The molecule has 12 heteroatoms. The average molecular weight is 619 g/mol. The quantitative estimate of drug-likeness (QED) is 0.223. The largest absolute Gasteiger partial charge is 0.331 e. The van der Waals surface area contributed by atoms with E-state index in [1.54, 1.807) is 16.7 Å². The summed E-state index contributed by atoms with van der Waals surface area (Å²) in [6.45, 7) is 4.17. The summed E-state index contributed by atoms with van der Waals surface area (Å²) in [6, 6.07) is 21.8. The molecule has 3 N–H and O–H groups in total. The first-order valence-corrected chi connectivity index (χ1v) is 16.8. The number of H-pyrrole nitrogens is 1. The molecule has 0 saturated carbocycles. The second-order valence-electron chi connectivity index (χ2n) is 10.2. The topological polar surface area (TPSA) is 147 Å². The molecule has 0 unspecified atom stereocenters. The van der Waals surface area contributed by atoms with E-state index in [9.17, 15) is 26.4 Å². The van der Waals surface area contributed by atoms with Gasteiger partial charge in [0.05, 0.1) is 11.2 Å². The Labute approximate surface area is 249 Å². The third-order valence-electron chi connectivity index (χ3n) is 7.10. The standard InChI is InChI=1S/C31H30N4O6S2/c1-4-21-14-15-27-26(17-21)28(25-13-8-16-32-30(25)36)29(35(27)19-22-10-6-5-9-20(22)2)31(37)34-43(40,41)24-12-7-11-23(18-24)33-42(3,38)39/h5-18,33H,4,19H2,1-3H3,(H,32,36)(H,34,37). The zero-order valence-corrected chi connectivity index (χ0v) is 25.3. The number of fused-ring (bicyclic) bond motifs is 1. The molecular weight excluding hydrogens is 588 g/mol. The van der Waals surface area contributed by atoms with Gasteiger partial charge in [-0.25, -0.2) is 21.6 Å². The molecule has 0 spiro atoms. The number of aryl methyl sites for hydroxylation is 2. The summed E-state index contributed by atoms with van der Waals surface area (Å²) in [7, 11) is -8.15. The lowest BCUT2D eigenvalue weighted by atomic mass is 10.0. The van der Waals surface area contributed by atoms with Crippen molar-refractivity contribution in [3.8, 4) is 11.1 Å². The molecule has 0 radical (unpaired) electrons. The van der Waals surface area contributed by atoms with Gasteiger partial charge >= 0.3 is 0 Å². The van der Waals surface area contributed by atoms with Crippen LogP contribution in [-0.4, -0.2) is 38.5 Å². The lowest BCUT2D eigenvalue weighted by molar-refractivity contribution is 0.0974. The minimum absolute atomic E-state index is 0.00260. The van der Waals surface area contributed by atoms with Crippen molar-refractivity contribution in [3.63, 3.8) is 0 Å². The van der Waals surface area contributed by atoms with Gasteiger partial charge in [0.1, 0.15) is 5.69 Å². The molecule has 2 aromatic heterocycles. The third kappa shape index (κ3) is 6.25. The van der Waals surface area contributed by atoms with Crippen LogP contribution in [0.15, 0.2) is 94.7 Å². The zero-order valence-electron chi connectivity index (χ0n) is 23.7. The molecule has 0 aliphatic heterocycles. The van der Waals surface area contributed by atoms with Gasteiger partial charge in [0.2, 0.25) is 10.0 Å². The number of carbonyl (C=O) groups is 1. The van der Waals surface area contributed by atoms with Crippen LogP contribution >= 0.6 is 0 Å². The summed E-state index contributed by atoms with van der Waals surface area (Å²) in [4.78, 5) is 29.6. The van der Waals surface area contributed by atoms with Crippen LogP contribution in [0.3, 0.4) is 0 Å². The molecule has 5 rings (SSSR count). The minimum atomic E-state index is -4.48. The van der Waals surface area contributed by atoms with Crippen LogP contribution in [-0.2, 0) is 33.0 Å². The van der Waals surface area contributed by atoms with Gasteiger partial charge in [-0.05, 0) is 72.5 Å². The summed E-state index contributed by atoms with van der Waals surface area (Å²) in [5.41, 5.74) is 3.62. The Morgan fingerprint density at radius 2 is 1.70 bits per heavy atom. The number of benzene rings is 3. The number of aromatic nitrogens is 2. The molecule has 0 atom stereocenters. The van der Waals surface area contributed by atoms with Gasteiger partial charge in [-0.3, -0.25) is 14.3 Å². The molecule has 5 aromatic rings. The zero-order chi connectivity index (χ0) is 30.9. The molecule has 10 nitrogen and oxygen atoms in total. The number of rotatable bonds is 9. The number of anilines is 1. The molecule has 0 aliphatic rings. The van der Waals surface area contributed by atoms with Gasteiger partial charge in [-0.1, -0.05) is 43.3 Å². The van der Waals surface area contributed by atoms with E-state index in [0.29, 0.717) is 22.9 Å². The number of pyridine rings is 1. The molecule has 0 aliphatic carbocycles. The van der Waals surface area contributed by atoms with Crippen molar-refractivity contribution in [1.29, 1.82) is 0 Å². The number of amides is 1. The monoisotopic (exact) mass is 618 g/mol. The van der Waals surface area contributed by atoms with Gasteiger partial charge in [0, 0.05) is 40.5 Å². The van der Waals surface area contributed by atoms with Crippen molar-refractivity contribution < 1.29 is 21.6 Å². The van der Waals surface area contributed by atoms with Gasteiger partial charge in [-0.2, -0.15) is 0 Å². The first-order chi connectivity index (χ1) is 20.4. The number of hydrogen-bond donors (Lipinski definition) is 3. The Hall–Kier alpha value is -4.68. The van der Waals surface area contributed by atoms with Crippen LogP contribution < -0.4 is 15.0 Å². The van der Waals surface area contributed by atoms with Crippen LogP contribution in [0.25, 0.3) is 22.0 Å². The van der Waals surface area contributed by atoms with Gasteiger partial charge in [0.25, 0.3) is 21.5 Å². The molecule has 3 aromatic carbocycles. The summed E-state index contributed by atoms with van der Waals surface area (Å²) < 4.78 is 56.5. The van der Waals surface area contributed by atoms with Gasteiger partial charge in [0.15, 0.2) is 0 Å². The fourth-order valence-corrected chi connectivity index (χ4v) is 6.59. The average Bonchev–Trinajstić information content (AvgIpc) is 3.26. The van der Waals surface area contributed by atoms with Crippen molar-refractivity contribution in [2.75, 3.05) is 11.0 Å². The van der Waals surface area contributed by atoms with Crippen LogP contribution in [0, 0.1) is 6.92 Å². The van der Waals surface area contributed by atoms with E-state index >= 15 is 0 Å². The molecule has 222 valence electrons. The minimum Gasteiger partial charge on any atom is -0.331 e. The summed E-state index contributed by atoms with van der Waals surface area (Å²) >= 11 is 0. The van der Waals surface area contributed by atoms with E-state index in [0.717, 1.165) is 29.0 Å². The Bertz CT molecular complexity index is 2150. The van der Waals surface area contributed by atoms with Crippen LogP contribution in [0.2, 0.25) is 0 Å². The van der Waals surface area contributed by atoms with Crippen LogP contribution in [0.5, 0.6) is 0 Å². The molecule has 0 saturated heterocycles. The lowest BCUT2D eigenvalue weighted by Crippen LogP contribution is -2.33. The Morgan fingerprint density at radius 1 is 0.930 bits per heavy atom. The van der Waals surface area contributed by atoms with Crippen molar-refractivity contribution in [3.05, 3.63) is 118 Å². The van der Waals surface area contributed by atoms with E-state index in [1.807, 2.05) is 56.3 Å². The van der Waals surface area contributed by atoms with Gasteiger partial charge < -0.3 is 9.55 Å². The molecule has 0 bridgehead atoms. The Kier molecular flexibility index (Phi) is 8.00. The second-order valence-corrected chi connectivity index (χ2v) is 13.6. The highest BCUT2D eigenvalue weighted by Gasteiger charge is 2.29. The fraction of sp³-hybridized carbons (Fsp3) is 0.161. The predicted octanol–water partition coefficient (Wildman–Crippen LogP) is 4.41. The summed E-state index contributed by atoms with van der Waals surface area (Å²) in [6.07, 6.45) is 3.13. The number of nitrogens with zero attached hydrogens (tertiary/aromatic N) is 1. The first kappa shape index (κ1) is 29.8. The highest BCUT2D eigenvalue weighted by molar-refractivity contribution is 7.92. The number of hydrogen-bond acceptors (Lipinski definition) is 6. The maximum atomic E-state index is 14.1. The third-order valence-corrected chi connectivity index (χ3v) is 9.04. The first-order valence-electron chi connectivity index (χ1n) is 13.4. The molecule has 1 amide bonds. The number of nitrogens with one attached hydrogen (secondary N) is 3. The highest BCUT2D eigenvalue weighted by atomic mass is 32.2. The number of sulfonamides is 2. The Balaban J connectivity index is 1.73. The van der Waals surface area contributed by atoms with Crippen molar-refractivity contribution in [2.45, 2.75) is 31.7 Å². The normalized spacial score (nSPS) is 11.9. The SMILES string of the molecule is CCc1ccc2c(c1)c(-c1ccc[nH]c1=O)c(C(=O)NS(=O)(=O)c1cccc(NS(C)(=O)=O)c1)n2Cc1ccccc1C. The van der Waals surface area contributed by atoms with Crippen LogP contribution in [0.1, 0.15) is 34.1 Å². The van der Waals surface area contributed by atoms with Crippen molar-refractivity contribution in [2.24, 2.45) is 0 Å². The maximum absolute atomic E-state index is 14.1. The van der Waals surface area contributed by atoms with E-state index in [-0.39, 0.29) is 28.4 Å². The van der Waals surface area contributed by atoms with E-state index in [1.165, 1.54) is 24.4 Å². The summed E-state index contributed by atoms with van der Waals surface area (Å²) in [5.74, 6) is -0.942. The van der Waals surface area contributed by atoms with Crippen molar-refractivity contribution in [1.82, 2.24) is 14.3 Å². The number of aromatic amines is 1. The molecular formula is C31H30N4O6S2. The van der Waals surface area contributed by atoms with E-state index < -0.39 is 31.5 Å². The smallest absolute Gasteiger partial charge is 0.282 e. The van der Waals surface area contributed by atoms with Gasteiger partial charge in [-0.15, -0.1) is 0 Å². The van der Waals surface area contributed by atoms with Crippen LogP contribution in [0.4, 0.5) is 5.69 Å². The lowest BCUT2D eigenvalue weighted by Gasteiger charge is -2.15. The maximum Gasteiger partial charge on any atom is 0.282 e.